The fourth-order valence-corrected chi connectivity index (χ4v) is 6.37. The van der Waals surface area contributed by atoms with E-state index in [0.29, 0.717) is 5.92 Å². The topological polar surface area (TPSA) is 0 Å². The highest BCUT2D eigenvalue weighted by atomic mass is 14.4. The fraction of sp³-hybridized carbons (Fsp3) is 0.333. The quantitative estimate of drug-likeness (QED) is 0.417. The van der Waals surface area contributed by atoms with Gasteiger partial charge in [-0.15, -0.1) is 0 Å². The third-order valence-corrected chi connectivity index (χ3v) is 7.91. The summed E-state index contributed by atoms with van der Waals surface area (Å²) in [4.78, 5) is 0. The van der Waals surface area contributed by atoms with Gasteiger partial charge >= 0.3 is 0 Å². The number of rotatable bonds is 2. The van der Waals surface area contributed by atoms with E-state index in [4.69, 9.17) is 0 Å². The van der Waals surface area contributed by atoms with Gasteiger partial charge in [0.2, 0.25) is 0 Å². The van der Waals surface area contributed by atoms with Crippen LogP contribution in [0.2, 0.25) is 0 Å². The fourth-order valence-electron chi connectivity index (χ4n) is 6.37. The van der Waals surface area contributed by atoms with Gasteiger partial charge in [0.05, 0.1) is 0 Å². The maximum absolute atomic E-state index is 2.56. The molecule has 3 aliphatic carbocycles. The molecule has 0 amide bonds. The van der Waals surface area contributed by atoms with Gasteiger partial charge in [0.1, 0.15) is 0 Å². The molecule has 0 radical (unpaired) electrons. The first-order chi connectivity index (χ1) is 14.8. The lowest BCUT2D eigenvalue weighted by Gasteiger charge is -2.36. The molecule has 0 saturated carbocycles. The zero-order chi connectivity index (χ0) is 20.1. The Morgan fingerprint density at radius 2 is 1.77 bits per heavy atom. The van der Waals surface area contributed by atoms with Gasteiger partial charge in [-0.2, -0.15) is 0 Å². The number of hydrogen-bond acceptors (Lipinski definition) is 0. The lowest BCUT2D eigenvalue weighted by molar-refractivity contribution is 0.396. The molecule has 0 bridgehead atoms. The van der Waals surface area contributed by atoms with Gasteiger partial charge in [-0.25, -0.2) is 0 Å². The Morgan fingerprint density at radius 1 is 0.867 bits per heavy atom. The number of fused-ring (bicyclic) bond motifs is 6. The monoisotopic (exact) mass is 390 g/mol. The molecule has 0 heteroatoms. The molecule has 30 heavy (non-hydrogen) atoms. The van der Waals surface area contributed by atoms with E-state index in [1.807, 2.05) is 0 Å². The van der Waals surface area contributed by atoms with Gasteiger partial charge < -0.3 is 0 Å². The molecule has 0 aromatic heterocycles. The van der Waals surface area contributed by atoms with Crippen molar-refractivity contribution in [1.29, 1.82) is 0 Å². The molecule has 0 heterocycles. The second-order valence-electron chi connectivity index (χ2n) is 9.53. The molecule has 150 valence electrons. The van der Waals surface area contributed by atoms with Crippen LogP contribution in [0.25, 0.3) is 22.4 Å². The summed E-state index contributed by atoms with van der Waals surface area (Å²) >= 11 is 0. The number of benzene rings is 3. The van der Waals surface area contributed by atoms with E-state index in [9.17, 15) is 0 Å². The van der Waals surface area contributed by atoms with Crippen LogP contribution in [0.5, 0.6) is 0 Å². The average molecular weight is 391 g/mol. The minimum Gasteiger partial charge on any atom is -0.0836 e. The second kappa shape index (κ2) is 7.27. The largest absolute Gasteiger partial charge is 0.0836 e. The maximum atomic E-state index is 2.56. The molecule has 0 fully saturated rings. The molecule has 6 rings (SSSR count). The Morgan fingerprint density at radius 3 is 2.73 bits per heavy atom. The van der Waals surface area contributed by atoms with Gasteiger partial charge in [0.25, 0.3) is 0 Å². The Bertz CT molecular complexity index is 1190. The lowest BCUT2D eigenvalue weighted by atomic mass is 9.69. The first-order valence-corrected chi connectivity index (χ1v) is 11.8. The van der Waals surface area contributed by atoms with Crippen molar-refractivity contribution in [2.24, 2.45) is 5.92 Å². The van der Waals surface area contributed by atoms with Crippen LogP contribution in [0, 0.1) is 5.92 Å². The van der Waals surface area contributed by atoms with Crippen molar-refractivity contribution in [3.8, 4) is 0 Å². The van der Waals surface area contributed by atoms with Crippen LogP contribution in [-0.4, -0.2) is 0 Å². The smallest absolute Gasteiger partial charge is 0.0106 e. The Balaban J connectivity index is 1.38. The normalized spacial score (nSPS) is 22.2. The van der Waals surface area contributed by atoms with Crippen LogP contribution in [0.3, 0.4) is 0 Å². The molecule has 0 N–H and O–H groups in total. The van der Waals surface area contributed by atoms with Gasteiger partial charge in [-0.3, -0.25) is 0 Å². The molecule has 0 unspecified atom stereocenters. The van der Waals surface area contributed by atoms with Crippen molar-refractivity contribution in [2.45, 2.75) is 57.8 Å². The van der Waals surface area contributed by atoms with E-state index in [1.165, 1.54) is 61.3 Å². The SMILES string of the molecule is C[C@H]1c2c(ccc3c2CCC=C3)CC[C@H]1CC1=CCCc2ccc3ccccc3c21. The molecule has 3 aromatic carbocycles. The summed E-state index contributed by atoms with van der Waals surface area (Å²) in [6.07, 6.45) is 15.8. The van der Waals surface area contributed by atoms with Gasteiger partial charge in [-0.05, 0) is 107 Å². The maximum Gasteiger partial charge on any atom is -0.0106 e. The van der Waals surface area contributed by atoms with E-state index in [2.05, 4.69) is 73.7 Å². The number of aryl methyl sites for hydroxylation is 2. The predicted molar refractivity (Wildman–Crippen MR) is 129 cm³/mol. The Hall–Kier alpha value is -2.60. The van der Waals surface area contributed by atoms with Crippen molar-refractivity contribution >= 4 is 22.4 Å². The van der Waals surface area contributed by atoms with Crippen molar-refractivity contribution in [1.82, 2.24) is 0 Å². The van der Waals surface area contributed by atoms with Crippen LogP contribution in [-0.2, 0) is 19.3 Å². The van der Waals surface area contributed by atoms with Crippen molar-refractivity contribution in [2.75, 3.05) is 0 Å². The first kappa shape index (κ1) is 18.2. The third-order valence-electron chi connectivity index (χ3n) is 7.91. The van der Waals surface area contributed by atoms with Crippen LogP contribution >= 0.6 is 0 Å². The van der Waals surface area contributed by atoms with Crippen LogP contribution in [0.4, 0.5) is 0 Å². The van der Waals surface area contributed by atoms with E-state index in [0.717, 1.165) is 5.92 Å². The van der Waals surface area contributed by atoms with Crippen LogP contribution in [0.15, 0.2) is 60.7 Å². The van der Waals surface area contributed by atoms with Gasteiger partial charge in [0, 0.05) is 0 Å². The van der Waals surface area contributed by atoms with Gasteiger partial charge in [0.15, 0.2) is 0 Å². The molecule has 0 spiro atoms. The molecular weight excluding hydrogens is 360 g/mol. The first-order valence-electron chi connectivity index (χ1n) is 11.8. The van der Waals surface area contributed by atoms with E-state index >= 15 is 0 Å². The van der Waals surface area contributed by atoms with Crippen molar-refractivity contribution in [3.05, 3.63) is 94.1 Å². The summed E-state index contributed by atoms with van der Waals surface area (Å²) in [6.45, 7) is 2.51. The summed E-state index contributed by atoms with van der Waals surface area (Å²) in [5.41, 5.74) is 11.2. The highest BCUT2D eigenvalue weighted by molar-refractivity contribution is 5.96. The van der Waals surface area contributed by atoms with Crippen LogP contribution in [0.1, 0.15) is 71.9 Å². The number of hydrogen-bond donors (Lipinski definition) is 0. The summed E-state index contributed by atoms with van der Waals surface area (Å²) in [5.74, 6) is 1.39. The zero-order valence-electron chi connectivity index (χ0n) is 18.0. The Kier molecular flexibility index (Phi) is 4.41. The summed E-state index contributed by atoms with van der Waals surface area (Å²) in [7, 11) is 0. The molecule has 0 saturated heterocycles. The zero-order valence-corrected chi connectivity index (χ0v) is 18.0. The van der Waals surface area contributed by atoms with Gasteiger partial charge in [-0.1, -0.05) is 73.7 Å². The molecule has 0 nitrogen and oxygen atoms in total. The van der Waals surface area contributed by atoms with Crippen LogP contribution < -0.4 is 0 Å². The molecule has 3 aliphatic rings. The third kappa shape index (κ3) is 2.88. The highest BCUT2D eigenvalue weighted by Crippen LogP contribution is 2.46. The molecule has 3 aromatic rings. The minimum atomic E-state index is 0.649. The summed E-state index contributed by atoms with van der Waals surface area (Å²) in [5, 5.41) is 2.83. The summed E-state index contributed by atoms with van der Waals surface area (Å²) in [6, 6.07) is 18.4. The summed E-state index contributed by atoms with van der Waals surface area (Å²) < 4.78 is 0. The molecule has 0 aliphatic heterocycles. The second-order valence-corrected chi connectivity index (χ2v) is 9.53. The van der Waals surface area contributed by atoms with E-state index in [-0.39, 0.29) is 0 Å². The van der Waals surface area contributed by atoms with Crippen molar-refractivity contribution < 1.29 is 0 Å². The minimum absolute atomic E-state index is 0.649. The molecular formula is C30H30. The van der Waals surface area contributed by atoms with E-state index in [1.54, 1.807) is 33.4 Å². The van der Waals surface area contributed by atoms with E-state index < -0.39 is 0 Å². The molecule has 2 atom stereocenters. The lowest BCUT2D eigenvalue weighted by Crippen LogP contribution is -2.22. The van der Waals surface area contributed by atoms with Crippen molar-refractivity contribution in [3.63, 3.8) is 0 Å². The Labute approximate surface area is 180 Å². The standard InChI is InChI=1S/C30H30/c1-20-25(18-17-24-16-14-21-7-2-4-11-27(21)29(20)24)19-26-10-6-9-23-15-13-22-8-3-5-12-28(22)30(23)26/h2-3,5,7-8,10,12-16,20,25H,4,6,9,11,17-19H2,1H3/t20-,25+/m1/s1. The number of allylic oxidation sites excluding steroid dienone is 3. The average Bonchev–Trinajstić information content (AvgIpc) is 2.80. The highest BCUT2D eigenvalue weighted by Gasteiger charge is 2.31. The predicted octanol–water partition coefficient (Wildman–Crippen LogP) is 7.89.